The standard InChI is InChI=1S/C24H35N3O4/c1-16(22(30)27-24(15-25)5-3-2-4-6-24)31-21(29)14-26-20(28)13-23-10-17-7-18(11-23)9-19(8-17)12-23/h16-19H,2-14H2,1H3,(H,26,28)(H,27,30). The van der Waals surface area contributed by atoms with E-state index in [0.717, 1.165) is 56.3 Å². The molecule has 2 amide bonds. The summed E-state index contributed by atoms with van der Waals surface area (Å²) in [6.45, 7) is 1.27. The fourth-order valence-corrected chi connectivity index (χ4v) is 7.13. The van der Waals surface area contributed by atoms with Crippen LogP contribution < -0.4 is 10.6 Å². The highest BCUT2D eigenvalue weighted by Gasteiger charge is 2.51. The first-order chi connectivity index (χ1) is 14.8. The summed E-state index contributed by atoms with van der Waals surface area (Å²) in [5, 5.41) is 15.0. The van der Waals surface area contributed by atoms with Crippen LogP contribution in [-0.4, -0.2) is 36.0 Å². The lowest BCUT2D eigenvalue weighted by atomic mass is 9.49. The summed E-state index contributed by atoms with van der Waals surface area (Å²) in [7, 11) is 0. The molecule has 0 aromatic heterocycles. The summed E-state index contributed by atoms with van der Waals surface area (Å²) in [4.78, 5) is 37.2. The zero-order valence-corrected chi connectivity index (χ0v) is 18.6. The highest BCUT2D eigenvalue weighted by atomic mass is 16.5. The van der Waals surface area contributed by atoms with Gasteiger partial charge in [0.2, 0.25) is 5.91 Å². The zero-order chi connectivity index (χ0) is 22.1. The summed E-state index contributed by atoms with van der Waals surface area (Å²) in [6, 6.07) is 2.23. The molecular weight excluding hydrogens is 394 g/mol. The number of nitriles is 1. The number of rotatable bonds is 7. The van der Waals surface area contributed by atoms with Gasteiger partial charge in [-0.25, -0.2) is 0 Å². The van der Waals surface area contributed by atoms with Crippen LogP contribution in [0, 0.1) is 34.5 Å². The molecule has 0 aromatic rings. The minimum Gasteiger partial charge on any atom is -0.451 e. The van der Waals surface area contributed by atoms with Crippen molar-refractivity contribution in [3.8, 4) is 6.07 Å². The molecule has 2 N–H and O–H groups in total. The van der Waals surface area contributed by atoms with E-state index in [1.807, 2.05) is 0 Å². The minimum atomic E-state index is -1.00. The van der Waals surface area contributed by atoms with Gasteiger partial charge in [-0.2, -0.15) is 5.26 Å². The topological polar surface area (TPSA) is 108 Å². The Balaban J connectivity index is 1.20. The predicted molar refractivity (Wildman–Crippen MR) is 113 cm³/mol. The van der Waals surface area contributed by atoms with E-state index in [0.29, 0.717) is 19.3 Å². The zero-order valence-electron chi connectivity index (χ0n) is 18.6. The van der Waals surface area contributed by atoms with Crippen LogP contribution in [0.15, 0.2) is 0 Å². The lowest BCUT2D eigenvalue weighted by molar-refractivity contribution is -0.155. The Hall–Kier alpha value is -2.10. The SMILES string of the molecule is CC(OC(=O)CNC(=O)CC12CC3CC(CC(C3)C1)C2)C(=O)NC1(C#N)CCCCC1. The van der Waals surface area contributed by atoms with Crippen LogP contribution >= 0.6 is 0 Å². The van der Waals surface area contributed by atoms with E-state index in [1.54, 1.807) is 0 Å². The van der Waals surface area contributed by atoms with Crippen LogP contribution in [0.4, 0.5) is 0 Å². The first kappa shape index (κ1) is 22.1. The molecule has 31 heavy (non-hydrogen) atoms. The van der Waals surface area contributed by atoms with E-state index in [1.165, 1.54) is 26.2 Å². The van der Waals surface area contributed by atoms with E-state index in [4.69, 9.17) is 4.74 Å². The number of amides is 2. The van der Waals surface area contributed by atoms with Crippen molar-refractivity contribution in [3.05, 3.63) is 0 Å². The van der Waals surface area contributed by atoms with Gasteiger partial charge in [-0.3, -0.25) is 14.4 Å². The van der Waals surface area contributed by atoms with Crippen molar-refractivity contribution in [1.82, 2.24) is 10.6 Å². The number of carbonyl (C=O) groups excluding carboxylic acids is 3. The molecule has 0 radical (unpaired) electrons. The van der Waals surface area contributed by atoms with E-state index >= 15 is 0 Å². The monoisotopic (exact) mass is 429 g/mol. The highest BCUT2D eigenvalue weighted by molar-refractivity contribution is 5.86. The molecule has 5 aliphatic carbocycles. The molecule has 0 aliphatic heterocycles. The van der Waals surface area contributed by atoms with Gasteiger partial charge in [-0.15, -0.1) is 0 Å². The maximum Gasteiger partial charge on any atom is 0.326 e. The van der Waals surface area contributed by atoms with Gasteiger partial charge in [-0.1, -0.05) is 19.3 Å². The van der Waals surface area contributed by atoms with Gasteiger partial charge in [0.1, 0.15) is 12.1 Å². The van der Waals surface area contributed by atoms with Crippen molar-refractivity contribution in [3.63, 3.8) is 0 Å². The Kier molecular flexibility index (Phi) is 6.27. The van der Waals surface area contributed by atoms with Crippen LogP contribution in [-0.2, 0) is 19.1 Å². The summed E-state index contributed by atoms with van der Waals surface area (Å²) in [6.07, 6.45) is 11.0. The fraction of sp³-hybridized carbons (Fsp3) is 0.833. The summed E-state index contributed by atoms with van der Waals surface area (Å²) in [5.74, 6) is 1.16. The molecule has 5 saturated carbocycles. The second kappa shape index (κ2) is 8.80. The maximum absolute atomic E-state index is 12.6. The average Bonchev–Trinajstić information content (AvgIpc) is 2.71. The summed E-state index contributed by atoms with van der Waals surface area (Å²) < 4.78 is 5.21. The van der Waals surface area contributed by atoms with Crippen LogP contribution in [0.2, 0.25) is 0 Å². The molecule has 5 aliphatic rings. The van der Waals surface area contributed by atoms with Crippen LogP contribution in [0.5, 0.6) is 0 Å². The molecule has 4 bridgehead atoms. The molecular formula is C24H35N3O4. The number of hydrogen-bond donors (Lipinski definition) is 2. The molecule has 170 valence electrons. The van der Waals surface area contributed by atoms with Gasteiger partial charge in [0.05, 0.1) is 6.07 Å². The fourth-order valence-electron chi connectivity index (χ4n) is 7.13. The van der Waals surface area contributed by atoms with Gasteiger partial charge in [0.15, 0.2) is 6.10 Å². The van der Waals surface area contributed by atoms with Crippen molar-refractivity contribution >= 4 is 17.8 Å². The van der Waals surface area contributed by atoms with Crippen molar-refractivity contribution in [1.29, 1.82) is 5.26 Å². The van der Waals surface area contributed by atoms with Crippen molar-refractivity contribution in [2.45, 2.75) is 95.6 Å². The van der Waals surface area contributed by atoms with E-state index < -0.39 is 23.5 Å². The Morgan fingerprint density at radius 2 is 1.61 bits per heavy atom. The third kappa shape index (κ3) is 5.05. The number of hydrogen-bond acceptors (Lipinski definition) is 5. The Labute approximate surface area is 184 Å². The summed E-state index contributed by atoms with van der Waals surface area (Å²) >= 11 is 0. The van der Waals surface area contributed by atoms with E-state index in [9.17, 15) is 19.6 Å². The summed E-state index contributed by atoms with van der Waals surface area (Å²) in [5.41, 5.74) is -0.733. The smallest absolute Gasteiger partial charge is 0.326 e. The quantitative estimate of drug-likeness (QED) is 0.605. The molecule has 0 aromatic carbocycles. The van der Waals surface area contributed by atoms with Crippen molar-refractivity contribution < 1.29 is 19.1 Å². The number of nitrogens with zero attached hydrogens (tertiary/aromatic N) is 1. The van der Waals surface area contributed by atoms with E-state index in [-0.39, 0.29) is 17.9 Å². The number of carbonyl (C=O) groups is 3. The maximum atomic E-state index is 12.6. The van der Waals surface area contributed by atoms with Gasteiger partial charge < -0.3 is 15.4 Å². The lowest BCUT2D eigenvalue weighted by Crippen LogP contribution is -2.52. The normalized spacial score (nSPS) is 33.7. The molecule has 5 rings (SSSR count). The molecule has 5 fully saturated rings. The molecule has 7 nitrogen and oxygen atoms in total. The molecule has 0 spiro atoms. The Bertz CT molecular complexity index is 730. The molecule has 1 atom stereocenters. The first-order valence-electron chi connectivity index (χ1n) is 12.0. The molecule has 0 heterocycles. The average molecular weight is 430 g/mol. The second-order valence-electron chi connectivity index (χ2n) is 10.7. The third-order valence-corrected chi connectivity index (χ3v) is 8.09. The highest BCUT2D eigenvalue weighted by Crippen LogP contribution is 2.61. The van der Waals surface area contributed by atoms with Crippen molar-refractivity contribution in [2.24, 2.45) is 23.2 Å². The van der Waals surface area contributed by atoms with Crippen LogP contribution in [0.3, 0.4) is 0 Å². The van der Waals surface area contributed by atoms with E-state index in [2.05, 4.69) is 16.7 Å². The predicted octanol–water partition coefficient (Wildman–Crippen LogP) is 2.98. The minimum absolute atomic E-state index is 0.0957. The van der Waals surface area contributed by atoms with Gasteiger partial charge in [-0.05, 0) is 81.5 Å². The van der Waals surface area contributed by atoms with Gasteiger partial charge in [0, 0.05) is 6.42 Å². The van der Waals surface area contributed by atoms with Crippen LogP contribution in [0.1, 0.15) is 84.0 Å². The molecule has 7 heteroatoms. The third-order valence-electron chi connectivity index (χ3n) is 8.09. The second-order valence-corrected chi connectivity index (χ2v) is 10.7. The van der Waals surface area contributed by atoms with Crippen LogP contribution in [0.25, 0.3) is 0 Å². The largest absolute Gasteiger partial charge is 0.451 e. The van der Waals surface area contributed by atoms with Gasteiger partial charge >= 0.3 is 5.97 Å². The number of ether oxygens (including phenoxy) is 1. The number of nitrogens with one attached hydrogen (secondary N) is 2. The van der Waals surface area contributed by atoms with Crippen molar-refractivity contribution in [2.75, 3.05) is 6.54 Å². The Morgan fingerprint density at radius 1 is 1.03 bits per heavy atom. The Morgan fingerprint density at radius 3 is 2.16 bits per heavy atom. The van der Waals surface area contributed by atoms with Gasteiger partial charge in [0.25, 0.3) is 5.91 Å². The first-order valence-corrected chi connectivity index (χ1v) is 12.0. The molecule has 1 unspecified atom stereocenters. The number of esters is 1. The lowest BCUT2D eigenvalue weighted by Gasteiger charge is -2.56. The molecule has 0 saturated heterocycles.